The van der Waals surface area contributed by atoms with Gasteiger partial charge in [-0.25, -0.2) is 0 Å². The lowest BCUT2D eigenvalue weighted by Crippen LogP contribution is -2.23. The minimum Gasteiger partial charge on any atom is -0.356 e. The Morgan fingerprint density at radius 1 is 0.696 bits per heavy atom. The first-order valence-corrected chi connectivity index (χ1v) is 10.2. The maximum Gasteiger partial charge on any atom is 0.219 e. The molecule has 136 valence electrons. The van der Waals surface area contributed by atoms with Crippen molar-refractivity contribution in [3.8, 4) is 0 Å². The van der Waals surface area contributed by atoms with Crippen LogP contribution in [0.25, 0.3) is 0 Å². The van der Waals surface area contributed by atoms with Gasteiger partial charge in [-0.2, -0.15) is 0 Å². The van der Waals surface area contributed by atoms with E-state index in [1.807, 2.05) is 6.92 Å². The number of carbonyl (C=O) groups excluding carboxylic acids is 1. The van der Waals surface area contributed by atoms with E-state index >= 15 is 0 Å². The monoisotopic (exact) mass is 323 g/mol. The molecule has 0 rings (SSSR count). The summed E-state index contributed by atoms with van der Waals surface area (Å²) in [5, 5.41) is 2.98. The zero-order valence-corrected chi connectivity index (χ0v) is 15.9. The number of hydrogen-bond donors (Lipinski definition) is 1. The van der Waals surface area contributed by atoms with Crippen LogP contribution in [0.2, 0.25) is 0 Å². The summed E-state index contributed by atoms with van der Waals surface area (Å²) >= 11 is 0. The van der Waals surface area contributed by atoms with Gasteiger partial charge in [-0.3, -0.25) is 4.79 Å². The predicted octanol–water partition coefficient (Wildman–Crippen LogP) is 6.55. The summed E-state index contributed by atoms with van der Waals surface area (Å²) in [5.74, 6) is 0.211. The average Bonchev–Trinajstić information content (AvgIpc) is 2.54. The summed E-state index contributed by atoms with van der Waals surface area (Å²) in [6.07, 6.45) is 23.5. The Balaban J connectivity index is 3.12. The summed E-state index contributed by atoms with van der Waals surface area (Å²) < 4.78 is 0. The zero-order valence-electron chi connectivity index (χ0n) is 15.9. The van der Waals surface area contributed by atoms with E-state index < -0.39 is 0 Å². The van der Waals surface area contributed by atoms with Crippen LogP contribution >= 0.6 is 0 Å². The number of hydrogen-bond acceptors (Lipinski definition) is 1. The van der Waals surface area contributed by atoms with Gasteiger partial charge in [0.15, 0.2) is 0 Å². The number of rotatable bonds is 17. The molecule has 0 radical (unpaired) electrons. The van der Waals surface area contributed by atoms with Gasteiger partial charge in [-0.05, 0) is 38.5 Å². The summed E-state index contributed by atoms with van der Waals surface area (Å²) in [7, 11) is 0. The predicted molar refractivity (Wildman–Crippen MR) is 103 cm³/mol. The van der Waals surface area contributed by atoms with Gasteiger partial charge in [-0.15, -0.1) is 0 Å². The Hall–Kier alpha value is -0.790. The number of carbonyl (C=O) groups is 1. The molecule has 0 aromatic carbocycles. The highest BCUT2D eigenvalue weighted by Gasteiger charge is 1.97. The molecule has 0 aliphatic rings. The van der Waals surface area contributed by atoms with Crippen LogP contribution in [0.1, 0.15) is 110 Å². The van der Waals surface area contributed by atoms with E-state index in [0.29, 0.717) is 6.42 Å². The van der Waals surface area contributed by atoms with Gasteiger partial charge in [-0.1, -0.05) is 77.4 Å². The molecule has 0 bridgehead atoms. The van der Waals surface area contributed by atoms with Gasteiger partial charge in [0.05, 0.1) is 0 Å². The van der Waals surface area contributed by atoms with Crippen LogP contribution in [0, 0.1) is 0 Å². The van der Waals surface area contributed by atoms with Crippen LogP contribution in [0.15, 0.2) is 12.2 Å². The van der Waals surface area contributed by atoms with Crippen LogP contribution in [-0.4, -0.2) is 12.5 Å². The molecule has 2 nitrogen and oxygen atoms in total. The fourth-order valence-electron chi connectivity index (χ4n) is 2.74. The van der Waals surface area contributed by atoms with E-state index in [1.54, 1.807) is 0 Å². The van der Waals surface area contributed by atoms with Crippen molar-refractivity contribution in [2.24, 2.45) is 0 Å². The van der Waals surface area contributed by atoms with Crippen molar-refractivity contribution in [1.29, 1.82) is 0 Å². The van der Waals surface area contributed by atoms with Crippen molar-refractivity contribution in [3.05, 3.63) is 12.2 Å². The zero-order chi connectivity index (χ0) is 17.0. The maximum absolute atomic E-state index is 11.3. The number of amides is 1. The molecule has 0 saturated carbocycles. The summed E-state index contributed by atoms with van der Waals surface area (Å²) in [6.45, 7) is 5.17. The molecular formula is C21H41NO. The highest BCUT2D eigenvalue weighted by molar-refractivity contribution is 5.75. The lowest BCUT2D eigenvalue weighted by Gasteiger charge is -2.04. The molecule has 0 unspecified atom stereocenters. The van der Waals surface area contributed by atoms with Crippen molar-refractivity contribution < 1.29 is 4.79 Å². The molecule has 1 N–H and O–H groups in total. The highest BCUT2D eigenvalue weighted by atomic mass is 16.1. The Morgan fingerprint density at radius 2 is 1.22 bits per heavy atom. The summed E-state index contributed by atoms with van der Waals surface area (Å²) in [5.41, 5.74) is 0. The second kappa shape index (κ2) is 19.3. The van der Waals surface area contributed by atoms with Gasteiger partial charge in [0.1, 0.15) is 0 Å². The smallest absolute Gasteiger partial charge is 0.219 e. The van der Waals surface area contributed by atoms with E-state index in [1.165, 1.54) is 77.0 Å². The molecule has 0 aromatic heterocycles. The number of allylic oxidation sites excluding steroid dienone is 2. The molecule has 0 atom stereocenters. The van der Waals surface area contributed by atoms with Crippen molar-refractivity contribution in [3.63, 3.8) is 0 Å². The van der Waals surface area contributed by atoms with Crippen molar-refractivity contribution >= 4 is 5.91 Å². The largest absolute Gasteiger partial charge is 0.356 e. The third-order valence-corrected chi connectivity index (χ3v) is 4.24. The fraction of sp³-hybridized carbons (Fsp3) is 0.857. The topological polar surface area (TPSA) is 29.1 Å². The van der Waals surface area contributed by atoms with E-state index in [4.69, 9.17) is 0 Å². The van der Waals surface area contributed by atoms with Crippen LogP contribution < -0.4 is 5.32 Å². The SMILES string of the molecule is CCCCCCCC/C=C\CCCCCCCNC(=O)CCC. The van der Waals surface area contributed by atoms with Gasteiger partial charge in [0.25, 0.3) is 0 Å². The Bertz CT molecular complexity index is 273. The maximum atomic E-state index is 11.3. The minimum absolute atomic E-state index is 0.211. The third kappa shape index (κ3) is 19.2. The van der Waals surface area contributed by atoms with Crippen molar-refractivity contribution in [2.75, 3.05) is 6.54 Å². The van der Waals surface area contributed by atoms with E-state index in [9.17, 15) is 4.79 Å². The van der Waals surface area contributed by atoms with Crippen LogP contribution in [0.4, 0.5) is 0 Å². The molecule has 0 spiro atoms. The Labute approximate surface area is 145 Å². The Morgan fingerprint density at radius 3 is 1.78 bits per heavy atom. The van der Waals surface area contributed by atoms with Crippen LogP contribution in [0.3, 0.4) is 0 Å². The molecule has 0 aliphatic heterocycles. The number of unbranched alkanes of at least 4 members (excludes halogenated alkanes) is 11. The van der Waals surface area contributed by atoms with E-state index in [0.717, 1.165) is 19.4 Å². The van der Waals surface area contributed by atoms with Gasteiger partial charge in [0.2, 0.25) is 5.91 Å². The second-order valence-electron chi connectivity index (χ2n) is 6.68. The van der Waals surface area contributed by atoms with Crippen molar-refractivity contribution in [2.45, 2.75) is 110 Å². The lowest BCUT2D eigenvalue weighted by molar-refractivity contribution is -0.121. The van der Waals surface area contributed by atoms with Crippen molar-refractivity contribution in [1.82, 2.24) is 5.32 Å². The molecule has 1 amide bonds. The van der Waals surface area contributed by atoms with Crippen LogP contribution in [0.5, 0.6) is 0 Å². The number of nitrogens with one attached hydrogen (secondary N) is 1. The Kier molecular flexibility index (Phi) is 18.6. The molecule has 0 fully saturated rings. The molecule has 0 aromatic rings. The molecule has 23 heavy (non-hydrogen) atoms. The molecule has 0 saturated heterocycles. The quantitative estimate of drug-likeness (QED) is 0.239. The molecule has 2 heteroatoms. The first-order chi connectivity index (χ1) is 11.3. The highest BCUT2D eigenvalue weighted by Crippen LogP contribution is 2.09. The molecular weight excluding hydrogens is 282 g/mol. The second-order valence-corrected chi connectivity index (χ2v) is 6.68. The lowest BCUT2D eigenvalue weighted by atomic mass is 10.1. The first-order valence-electron chi connectivity index (χ1n) is 10.2. The normalized spacial score (nSPS) is 11.2. The molecule has 0 aliphatic carbocycles. The first kappa shape index (κ1) is 22.2. The molecule has 0 heterocycles. The van der Waals surface area contributed by atoms with Gasteiger partial charge in [0, 0.05) is 13.0 Å². The standard InChI is InChI=1S/C21H41NO/c1-3-5-6-7-8-9-10-11-12-13-14-15-16-17-18-20-22-21(23)19-4-2/h11-12H,3-10,13-20H2,1-2H3,(H,22,23)/b12-11-. The van der Waals surface area contributed by atoms with Crippen LogP contribution in [-0.2, 0) is 4.79 Å². The third-order valence-electron chi connectivity index (χ3n) is 4.24. The minimum atomic E-state index is 0.211. The summed E-state index contributed by atoms with van der Waals surface area (Å²) in [4.78, 5) is 11.3. The van der Waals surface area contributed by atoms with Gasteiger partial charge < -0.3 is 5.32 Å². The fourth-order valence-corrected chi connectivity index (χ4v) is 2.74. The summed E-state index contributed by atoms with van der Waals surface area (Å²) in [6, 6.07) is 0. The average molecular weight is 324 g/mol. The van der Waals surface area contributed by atoms with E-state index in [2.05, 4.69) is 24.4 Å². The van der Waals surface area contributed by atoms with E-state index in [-0.39, 0.29) is 5.91 Å². The van der Waals surface area contributed by atoms with Gasteiger partial charge >= 0.3 is 0 Å².